The van der Waals surface area contributed by atoms with Gasteiger partial charge in [-0.3, -0.25) is 14.4 Å². The van der Waals surface area contributed by atoms with E-state index in [0.29, 0.717) is 25.7 Å². The van der Waals surface area contributed by atoms with Gasteiger partial charge in [0.2, 0.25) is 0 Å². The van der Waals surface area contributed by atoms with Crippen molar-refractivity contribution in [3.63, 3.8) is 0 Å². The fraction of sp³-hybridized carbons (Fsp3) is 0.844. The number of ketones is 1. The van der Waals surface area contributed by atoms with Crippen molar-refractivity contribution in [1.82, 2.24) is 0 Å². The normalized spacial score (nSPS) is 55.6. The Labute approximate surface area is 237 Å². The number of aliphatic hydroxyl groups is 3. The molecule has 14 atom stereocenters. The summed E-state index contributed by atoms with van der Waals surface area (Å²) in [4.78, 5) is 39.3. The second-order valence-electron chi connectivity index (χ2n) is 15.3. The number of carbonyl (C=O) groups is 3. The van der Waals surface area contributed by atoms with Crippen LogP contribution in [0.4, 0.5) is 0 Å². The Balaban J connectivity index is 1.69. The van der Waals surface area contributed by atoms with Crippen molar-refractivity contribution < 1.29 is 39.5 Å². The third-order valence-electron chi connectivity index (χ3n) is 13.7. The SMILES string of the molecule is CC(=O)O[C@@H]1CC[C@@]2(C)[C@@H](C[C@H](O)[C@]3(C)[C@@H]2C(=O)C=C2[C@@H]4[C@@H](C)[C@H](C)[C@@H](O)C[C@]4(C)C[C@H](O)[C@]23C)[C@@]1(C)C(=O)O. The lowest BCUT2D eigenvalue weighted by atomic mass is 9.32. The average molecular weight is 561 g/mol. The topological polar surface area (TPSA) is 141 Å². The van der Waals surface area contributed by atoms with Gasteiger partial charge in [0.05, 0.1) is 18.3 Å². The van der Waals surface area contributed by atoms with E-state index >= 15 is 0 Å². The van der Waals surface area contributed by atoms with Gasteiger partial charge >= 0.3 is 11.9 Å². The lowest BCUT2D eigenvalue weighted by Gasteiger charge is -2.72. The Morgan fingerprint density at radius 1 is 0.975 bits per heavy atom. The molecule has 0 aromatic heterocycles. The van der Waals surface area contributed by atoms with Gasteiger partial charge < -0.3 is 25.2 Å². The van der Waals surface area contributed by atoms with Crippen LogP contribution in [0, 0.1) is 56.7 Å². The first-order valence-electron chi connectivity index (χ1n) is 15.0. The number of esters is 1. The Hall–Kier alpha value is -1.77. The van der Waals surface area contributed by atoms with E-state index in [1.165, 1.54) is 6.92 Å². The highest BCUT2D eigenvalue weighted by Crippen LogP contribution is 2.75. The molecular weight excluding hydrogens is 512 g/mol. The van der Waals surface area contributed by atoms with Crippen LogP contribution in [0.5, 0.6) is 0 Å². The van der Waals surface area contributed by atoms with Gasteiger partial charge in [-0.2, -0.15) is 0 Å². The number of aliphatic carboxylic acids is 1. The number of carbonyl (C=O) groups excluding carboxylic acids is 2. The molecule has 0 aromatic carbocycles. The summed E-state index contributed by atoms with van der Waals surface area (Å²) < 4.78 is 5.55. The van der Waals surface area contributed by atoms with Crippen LogP contribution in [0.2, 0.25) is 0 Å². The fourth-order valence-corrected chi connectivity index (χ4v) is 11.2. The van der Waals surface area contributed by atoms with Crippen LogP contribution in [0.1, 0.15) is 87.5 Å². The highest BCUT2D eigenvalue weighted by Gasteiger charge is 2.76. The first kappa shape index (κ1) is 29.7. The molecule has 0 amide bonds. The highest BCUT2D eigenvalue weighted by molar-refractivity contribution is 5.96. The largest absolute Gasteiger partial charge is 0.481 e. The van der Waals surface area contributed by atoms with Crippen molar-refractivity contribution >= 4 is 17.7 Å². The molecule has 0 unspecified atom stereocenters. The first-order chi connectivity index (χ1) is 18.3. The number of ether oxygens (including phenoxy) is 1. The second kappa shape index (κ2) is 8.87. The zero-order valence-electron chi connectivity index (χ0n) is 25.2. The monoisotopic (exact) mass is 560 g/mol. The summed E-state index contributed by atoms with van der Waals surface area (Å²) in [6, 6.07) is 0. The minimum Gasteiger partial charge on any atom is -0.481 e. The molecule has 5 aliphatic rings. The highest BCUT2D eigenvalue weighted by atomic mass is 16.5. The van der Waals surface area contributed by atoms with Crippen LogP contribution < -0.4 is 0 Å². The summed E-state index contributed by atoms with van der Waals surface area (Å²) in [6.07, 6.45) is 0.335. The van der Waals surface area contributed by atoms with E-state index in [0.717, 1.165) is 5.57 Å². The number of rotatable bonds is 2. The van der Waals surface area contributed by atoms with E-state index in [4.69, 9.17) is 4.74 Å². The van der Waals surface area contributed by atoms with Gasteiger partial charge in [-0.1, -0.05) is 47.1 Å². The zero-order valence-corrected chi connectivity index (χ0v) is 25.2. The third kappa shape index (κ3) is 3.39. The van der Waals surface area contributed by atoms with E-state index in [2.05, 4.69) is 13.8 Å². The molecule has 5 aliphatic carbocycles. The van der Waals surface area contributed by atoms with Crippen molar-refractivity contribution in [3.8, 4) is 0 Å². The van der Waals surface area contributed by atoms with Gasteiger partial charge in [-0.25, -0.2) is 0 Å². The van der Waals surface area contributed by atoms with E-state index in [1.807, 2.05) is 27.7 Å². The van der Waals surface area contributed by atoms with E-state index in [-0.39, 0.29) is 30.0 Å². The van der Waals surface area contributed by atoms with Crippen LogP contribution in [-0.2, 0) is 19.1 Å². The van der Waals surface area contributed by atoms with Crippen LogP contribution >= 0.6 is 0 Å². The Bertz CT molecular complexity index is 1160. The summed E-state index contributed by atoms with van der Waals surface area (Å²) in [6.45, 7) is 15.0. The fourth-order valence-electron chi connectivity index (χ4n) is 11.2. The second-order valence-corrected chi connectivity index (χ2v) is 15.3. The smallest absolute Gasteiger partial charge is 0.313 e. The maximum Gasteiger partial charge on any atom is 0.313 e. The summed E-state index contributed by atoms with van der Waals surface area (Å²) >= 11 is 0. The number of allylic oxidation sites excluding steroid dienone is 1. The average Bonchev–Trinajstić information content (AvgIpc) is 2.83. The van der Waals surface area contributed by atoms with E-state index in [1.54, 1.807) is 13.0 Å². The molecular formula is C32H48O8. The Kier molecular flexibility index (Phi) is 6.59. The van der Waals surface area contributed by atoms with Crippen molar-refractivity contribution in [3.05, 3.63) is 11.6 Å². The molecule has 8 heteroatoms. The Morgan fingerprint density at radius 3 is 2.17 bits per heavy atom. The maximum absolute atomic E-state index is 14.5. The number of hydrogen-bond donors (Lipinski definition) is 4. The molecule has 8 nitrogen and oxygen atoms in total. The molecule has 224 valence electrons. The van der Waals surface area contributed by atoms with Crippen LogP contribution in [0.3, 0.4) is 0 Å². The summed E-state index contributed by atoms with van der Waals surface area (Å²) in [5.74, 6) is -3.08. The molecule has 40 heavy (non-hydrogen) atoms. The first-order valence-corrected chi connectivity index (χ1v) is 15.0. The van der Waals surface area contributed by atoms with E-state index < -0.39 is 75.3 Å². The molecule has 0 saturated heterocycles. The number of fused-ring (bicyclic) bond motifs is 7. The van der Waals surface area contributed by atoms with Crippen LogP contribution in [0.15, 0.2) is 11.6 Å². The summed E-state index contributed by atoms with van der Waals surface area (Å²) in [5.41, 5.74) is -3.78. The molecule has 0 bridgehead atoms. The van der Waals surface area contributed by atoms with Crippen molar-refractivity contribution in [2.75, 3.05) is 0 Å². The quantitative estimate of drug-likeness (QED) is 0.374. The van der Waals surface area contributed by atoms with Gasteiger partial charge in [-0.05, 0) is 79.6 Å². The van der Waals surface area contributed by atoms with Gasteiger partial charge in [-0.15, -0.1) is 0 Å². The zero-order chi connectivity index (χ0) is 30.0. The molecule has 0 heterocycles. The molecule has 5 rings (SSSR count). The lowest BCUT2D eigenvalue weighted by Crippen LogP contribution is -2.74. The molecule has 0 aliphatic heterocycles. The third-order valence-corrected chi connectivity index (χ3v) is 13.7. The lowest BCUT2D eigenvalue weighted by molar-refractivity contribution is -0.260. The van der Waals surface area contributed by atoms with Gasteiger partial charge in [0.25, 0.3) is 0 Å². The predicted octanol–water partition coefficient (Wildman–Crippen LogP) is 3.75. The van der Waals surface area contributed by atoms with Gasteiger partial charge in [0.1, 0.15) is 11.5 Å². The molecule has 4 fully saturated rings. The van der Waals surface area contributed by atoms with Crippen molar-refractivity contribution in [1.29, 1.82) is 0 Å². The van der Waals surface area contributed by atoms with E-state index in [9.17, 15) is 34.8 Å². The Morgan fingerprint density at radius 2 is 1.60 bits per heavy atom. The molecule has 0 aromatic rings. The number of aliphatic hydroxyl groups excluding tert-OH is 3. The van der Waals surface area contributed by atoms with Crippen molar-refractivity contribution in [2.45, 2.75) is 112 Å². The van der Waals surface area contributed by atoms with Crippen LogP contribution in [0.25, 0.3) is 0 Å². The number of carboxylic acid groups (broad SMARTS) is 1. The predicted molar refractivity (Wildman–Crippen MR) is 147 cm³/mol. The summed E-state index contributed by atoms with van der Waals surface area (Å²) in [7, 11) is 0. The number of hydrogen-bond acceptors (Lipinski definition) is 7. The van der Waals surface area contributed by atoms with Gasteiger partial charge in [0.15, 0.2) is 5.78 Å². The summed E-state index contributed by atoms with van der Waals surface area (Å²) in [5, 5.41) is 45.6. The minimum atomic E-state index is -1.49. The standard InChI is InChI=1S/C32H48O8/c1-15-16(2)25-18-11-19(34)26-29(5)10-9-24(40-17(3)33)30(6,27(38)39)21(29)12-22(36)32(26,8)31(18,7)23(37)14-28(25,4)13-20(15)35/h11,15-16,20-26,35-37H,9-10,12-14H2,1-8H3,(H,38,39)/t15-,16-,20-,21+,22-,23-,24+,25-,26+,28+,29-,30+,31-,32+/m0/s1. The van der Waals surface area contributed by atoms with Gasteiger partial charge in [0, 0.05) is 23.7 Å². The molecule has 0 spiro atoms. The maximum atomic E-state index is 14.5. The number of carboxylic acids is 1. The molecule has 4 N–H and O–H groups in total. The minimum absolute atomic E-state index is 0.0186. The van der Waals surface area contributed by atoms with Crippen molar-refractivity contribution in [2.24, 2.45) is 56.7 Å². The van der Waals surface area contributed by atoms with Crippen LogP contribution in [-0.4, -0.2) is 62.6 Å². The molecule has 0 radical (unpaired) electrons. The molecule has 4 saturated carbocycles.